The molecule has 0 bridgehead atoms. The number of rotatable bonds is 4. The highest BCUT2D eigenvalue weighted by atomic mass is 35.5. The van der Waals surface area contributed by atoms with E-state index in [0.29, 0.717) is 5.30 Å². The Hall–Kier alpha value is -1.13. The van der Waals surface area contributed by atoms with Crippen molar-refractivity contribution < 1.29 is 17.0 Å². The summed E-state index contributed by atoms with van der Waals surface area (Å²) in [4.78, 5) is -0.244. The van der Waals surface area contributed by atoms with Gasteiger partial charge in [-0.2, -0.15) is 8.42 Å². The molecule has 0 aromatic heterocycles. The maximum Gasteiger partial charge on any atom is 0.304 e. The summed E-state index contributed by atoms with van der Waals surface area (Å²) in [5, 5.41) is 0.328. The zero-order valence-electron chi connectivity index (χ0n) is 9.54. The van der Waals surface area contributed by atoms with Crippen molar-refractivity contribution in [2.75, 3.05) is 0 Å². The highest BCUT2D eigenvalue weighted by Gasteiger charge is 2.22. The molecule has 0 amide bonds. The van der Waals surface area contributed by atoms with Crippen LogP contribution in [0.15, 0.2) is 53.4 Å². The molecule has 2 rings (SSSR count). The first kappa shape index (κ1) is 14.3. The van der Waals surface area contributed by atoms with Crippen molar-refractivity contribution in [1.82, 2.24) is 0 Å². The van der Waals surface area contributed by atoms with Gasteiger partial charge in [-0.25, -0.2) is 3.97 Å². The molecule has 0 saturated carbocycles. The van der Waals surface area contributed by atoms with Gasteiger partial charge >= 0.3 is 10.1 Å². The monoisotopic (exact) mass is 315 g/mol. The van der Waals surface area contributed by atoms with Crippen molar-refractivity contribution >= 4 is 35.1 Å². The molecule has 1 unspecified atom stereocenters. The summed E-state index contributed by atoms with van der Waals surface area (Å²) in [7, 11) is -7.07. The van der Waals surface area contributed by atoms with Crippen molar-refractivity contribution in [3.05, 3.63) is 59.6 Å². The zero-order valence-corrected chi connectivity index (χ0v) is 12.1. The third kappa shape index (κ3) is 3.45. The molecule has 1 atom stereocenters. The Labute approximate surface area is 117 Å². The van der Waals surface area contributed by atoms with Crippen LogP contribution in [0.1, 0.15) is 0 Å². The van der Waals surface area contributed by atoms with E-state index in [1.165, 1.54) is 30.3 Å². The van der Waals surface area contributed by atoms with E-state index in [-0.39, 0.29) is 9.92 Å². The van der Waals surface area contributed by atoms with Crippen molar-refractivity contribution in [2.45, 2.75) is 4.90 Å². The van der Waals surface area contributed by atoms with Gasteiger partial charge in [0.15, 0.2) is 0 Å². The highest BCUT2D eigenvalue weighted by molar-refractivity contribution is 7.90. The van der Waals surface area contributed by atoms with E-state index in [4.69, 9.17) is 15.6 Å². The average molecular weight is 316 g/mol. The van der Waals surface area contributed by atoms with Crippen LogP contribution in [-0.4, -0.2) is 8.42 Å². The Kier molecular flexibility index (Phi) is 4.42. The maximum atomic E-state index is 11.9. The topological polar surface area (TPSA) is 60.4 Å². The predicted molar refractivity (Wildman–Crippen MR) is 73.6 cm³/mol. The van der Waals surface area contributed by atoms with Crippen LogP contribution in [0.2, 0.25) is 5.02 Å². The quantitative estimate of drug-likeness (QED) is 0.814. The highest BCUT2D eigenvalue weighted by Crippen LogP contribution is 2.31. The van der Waals surface area contributed by atoms with Gasteiger partial charge in [-0.15, -0.1) is 0 Å². The molecule has 19 heavy (non-hydrogen) atoms. The molecular weight excluding hydrogens is 307 g/mol. The van der Waals surface area contributed by atoms with Crippen molar-refractivity contribution in [1.29, 1.82) is 0 Å². The summed E-state index contributed by atoms with van der Waals surface area (Å²) in [6.07, 6.45) is 0. The smallest absolute Gasteiger partial charge is 0.290 e. The molecule has 0 aliphatic carbocycles. The molecule has 7 heteroatoms. The van der Waals surface area contributed by atoms with Crippen molar-refractivity contribution in [3.8, 4) is 0 Å². The van der Waals surface area contributed by atoms with E-state index in [1.807, 2.05) is 0 Å². The molecule has 0 spiro atoms. The second-order valence-corrected chi connectivity index (χ2v) is 7.12. The van der Waals surface area contributed by atoms with Gasteiger partial charge in [0.25, 0.3) is 0 Å². The van der Waals surface area contributed by atoms with Gasteiger partial charge in [0, 0.05) is 5.30 Å². The minimum atomic E-state index is -4.17. The summed E-state index contributed by atoms with van der Waals surface area (Å²) >= 11 is 5.77. The number of hydrogen-bond donors (Lipinski definition) is 0. The first-order chi connectivity index (χ1) is 9.00. The van der Waals surface area contributed by atoms with Crippen LogP contribution in [-0.2, 0) is 18.7 Å². The molecule has 0 aliphatic heterocycles. The molecule has 1 radical (unpaired) electrons. The van der Waals surface area contributed by atoms with Crippen molar-refractivity contribution in [2.24, 2.45) is 0 Å². The van der Waals surface area contributed by atoms with Gasteiger partial charge in [-0.3, -0.25) is 4.57 Å². The standard InChI is InChI=1S/C12H9ClO4PS/c13-11-8-4-5-9-12(11)19(15,16)17-18(14)10-6-2-1-3-7-10/h1-4,6-9,18H. The molecule has 2 aromatic rings. The number of halogens is 1. The summed E-state index contributed by atoms with van der Waals surface area (Å²) in [5.74, 6) is 0. The van der Waals surface area contributed by atoms with E-state index in [1.54, 1.807) is 18.2 Å². The summed E-state index contributed by atoms with van der Waals surface area (Å²) < 4.78 is 40.5. The molecule has 0 saturated heterocycles. The van der Waals surface area contributed by atoms with Gasteiger partial charge in [-0.05, 0) is 30.3 Å². The molecule has 0 N–H and O–H groups in total. The SMILES string of the molecule is O=[PH](OS(=O)(=O)c1c[c]ccc1Cl)c1ccccc1. The fraction of sp³-hybridized carbons (Fsp3) is 0. The van der Waals surface area contributed by atoms with Crippen LogP contribution in [0, 0.1) is 6.07 Å². The molecule has 0 heterocycles. The van der Waals surface area contributed by atoms with E-state index in [2.05, 4.69) is 6.07 Å². The maximum absolute atomic E-state index is 11.9. The molecular formula is C12H9ClO4PS. The summed E-state index contributed by atoms with van der Waals surface area (Å²) in [6, 6.07) is 14.7. The molecule has 0 aliphatic rings. The van der Waals surface area contributed by atoms with Crippen LogP contribution < -0.4 is 5.30 Å². The Morgan fingerprint density at radius 3 is 2.47 bits per heavy atom. The second kappa shape index (κ2) is 5.88. The predicted octanol–water partition coefficient (Wildman–Crippen LogP) is 2.65. The minimum absolute atomic E-state index is 0.00149. The van der Waals surface area contributed by atoms with Crippen LogP contribution in [0.3, 0.4) is 0 Å². The zero-order chi connectivity index (χ0) is 13.9. The van der Waals surface area contributed by atoms with E-state index in [9.17, 15) is 13.0 Å². The van der Waals surface area contributed by atoms with Crippen LogP contribution in [0.4, 0.5) is 0 Å². The van der Waals surface area contributed by atoms with Gasteiger partial charge in [0.05, 0.1) is 5.02 Å². The number of benzene rings is 2. The molecule has 2 aromatic carbocycles. The van der Waals surface area contributed by atoms with Crippen LogP contribution in [0.5, 0.6) is 0 Å². The number of hydrogen-bond acceptors (Lipinski definition) is 4. The third-order valence-electron chi connectivity index (χ3n) is 2.24. The molecule has 0 fully saturated rings. The minimum Gasteiger partial charge on any atom is -0.290 e. The fourth-order valence-electron chi connectivity index (χ4n) is 1.35. The summed E-state index contributed by atoms with van der Waals surface area (Å²) in [6.45, 7) is 0. The van der Waals surface area contributed by atoms with Crippen LogP contribution in [0.25, 0.3) is 0 Å². The Morgan fingerprint density at radius 2 is 1.84 bits per heavy atom. The first-order valence-corrected chi connectivity index (χ1v) is 8.30. The average Bonchev–Trinajstić information content (AvgIpc) is 2.39. The molecule has 99 valence electrons. The lowest BCUT2D eigenvalue weighted by molar-refractivity contribution is 0.480. The Morgan fingerprint density at radius 1 is 1.16 bits per heavy atom. The fourth-order valence-corrected chi connectivity index (χ4v) is 4.28. The van der Waals surface area contributed by atoms with E-state index >= 15 is 0 Å². The van der Waals surface area contributed by atoms with Crippen molar-refractivity contribution in [3.63, 3.8) is 0 Å². The van der Waals surface area contributed by atoms with Crippen LogP contribution >= 0.6 is 19.6 Å². The second-order valence-electron chi connectivity index (χ2n) is 3.55. The summed E-state index contributed by atoms with van der Waals surface area (Å²) in [5.41, 5.74) is 0. The Bertz CT molecular complexity index is 701. The molecule has 4 nitrogen and oxygen atoms in total. The normalized spacial score (nSPS) is 13.1. The van der Waals surface area contributed by atoms with Gasteiger partial charge in [-0.1, -0.05) is 35.9 Å². The first-order valence-electron chi connectivity index (χ1n) is 5.20. The van der Waals surface area contributed by atoms with Gasteiger partial charge in [0.2, 0.25) is 8.03 Å². The van der Waals surface area contributed by atoms with Gasteiger partial charge < -0.3 is 0 Å². The third-order valence-corrected chi connectivity index (χ3v) is 5.85. The largest absolute Gasteiger partial charge is 0.304 e. The van der Waals surface area contributed by atoms with E-state index < -0.39 is 18.1 Å². The lowest BCUT2D eigenvalue weighted by atomic mass is 10.4. The lowest BCUT2D eigenvalue weighted by Crippen LogP contribution is -2.06. The van der Waals surface area contributed by atoms with E-state index in [0.717, 1.165) is 0 Å². The lowest BCUT2D eigenvalue weighted by Gasteiger charge is -2.06. The Balaban J connectivity index is 2.29. The van der Waals surface area contributed by atoms with Gasteiger partial charge in [0.1, 0.15) is 4.90 Å².